The van der Waals surface area contributed by atoms with Crippen molar-refractivity contribution in [3.63, 3.8) is 0 Å². The third-order valence-corrected chi connectivity index (χ3v) is 2.77. The number of hydrogen-bond acceptors (Lipinski definition) is 0. The second-order valence-corrected chi connectivity index (χ2v) is 3.74. The van der Waals surface area contributed by atoms with Crippen LogP contribution >= 0.6 is 15.9 Å². The summed E-state index contributed by atoms with van der Waals surface area (Å²) in [7, 11) is 0. The van der Waals surface area contributed by atoms with Gasteiger partial charge in [-0.1, -0.05) is 15.9 Å². The van der Waals surface area contributed by atoms with Gasteiger partial charge in [0.05, 0.1) is 0 Å². The number of allylic oxidation sites excluding steroid dienone is 4. The molecule has 0 aromatic rings. The second-order valence-electron chi connectivity index (χ2n) is 3.09. The van der Waals surface area contributed by atoms with Crippen LogP contribution in [0.4, 0.5) is 30.7 Å². The smallest absolute Gasteiger partial charge is 0.218 e. The first-order valence-electron chi connectivity index (χ1n) is 3.91. The maximum atomic E-state index is 13.2. The Morgan fingerprint density at radius 1 is 1.25 bits per heavy atom. The second kappa shape index (κ2) is 4.05. The SMILES string of the molecule is FC1=CC(CBr)C(F)=C(F)C1(F)C(F)(F)F. The molecule has 0 nitrogen and oxygen atoms in total. The van der Waals surface area contributed by atoms with Gasteiger partial charge in [-0.25, -0.2) is 17.6 Å². The van der Waals surface area contributed by atoms with E-state index < -0.39 is 35.2 Å². The number of alkyl halides is 5. The zero-order valence-electron chi connectivity index (χ0n) is 7.39. The van der Waals surface area contributed by atoms with Crippen molar-refractivity contribution in [3.8, 4) is 0 Å². The Hall–Kier alpha value is -0.530. The zero-order valence-corrected chi connectivity index (χ0v) is 8.97. The Morgan fingerprint density at radius 3 is 2.12 bits per heavy atom. The monoisotopic (exact) mass is 312 g/mol. The number of halogens is 8. The van der Waals surface area contributed by atoms with Crippen molar-refractivity contribution in [2.75, 3.05) is 5.33 Å². The lowest BCUT2D eigenvalue weighted by Crippen LogP contribution is -2.45. The Balaban J connectivity index is 3.35. The van der Waals surface area contributed by atoms with Crippen LogP contribution in [0.3, 0.4) is 0 Å². The van der Waals surface area contributed by atoms with Gasteiger partial charge < -0.3 is 0 Å². The summed E-state index contributed by atoms with van der Waals surface area (Å²) in [4.78, 5) is 0. The van der Waals surface area contributed by atoms with Gasteiger partial charge in [-0.3, -0.25) is 0 Å². The van der Waals surface area contributed by atoms with Crippen LogP contribution in [-0.4, -0.2) is 17.2 Å². The number of hydrogen-bond donors (Lipinski definition) is 0. The quantitative estimate of drug-likeness (QED) is 0.500. The van der Waals surface area contributed by atoms with Crippen molar-refractivity contribution in [2.45, 2.75) is 11.8 Å². The highest BCUT2D eigenvalue weighted by molar-refractivity contribution is 9.09. The Bertz CT molecular complexity index is 356. The first-order chi connectivity index (χ1) is 7.16. The summed E-state index contributed by atoms with van der Waals surface area (Å²) in [6.07, 6.45) is -5.81. The Kier molecular flexibility index (Phi) is 3.42. The van der Waals surface area contributed by atoms with E-state index in [0.29, 0.717) is 0 Å². The molecule has 2 unspecified atom stereocenters. The van der Waals surface area contributed by atoms with Crippen molar-refractivity contribution < 1.29 is 30.7 Å². The lowest BCUT2D eigenvalue weighted by molar-refractivity contribution is -0.214. The molecule has 2 atom stereocenters. The normalized spacial score (nSPS) is 31.8. The topological polar surface area (TPSA) is 0 Å². The fraction of sp³-hybridized carbons (Fsp3) is 0.500. The fourth-order valence-electron chi connectivity index (χ4n) is 1.17. The van der Waals surface area contributed by atoms with Gasteiger partial charge in [-0.05, 0) is 6.08 Å². The average Bonchev–Trinajstić information content (AvgIpc) is 2.18. The molecule has 0 N–H and O–H groups in total. The van der Waals surface area contributed by atoms with Gasteiger partial charge in [-0.2, -0.15) is 13.2 Å². The first-order valence-corrected chi connectivity index (χ1v) is 5.03. The Morgan fingerprint density at radius 2 is 1.75 bits per heavy atom. The Labute approximate surface area is 93.9 Å². The maximum Gasteiger partial charge on any atom is 0.435 e. The zero-order chi connectivity index (χ0) is 12.7. The van der Waals surface area contributed by atoms with Crippen LogP contribution in [0.15, 0.2) is 23.6 Å². The molecule has 1 rings (SSSR count). The van der Waals surface area contributed by atoms with Gasteiger partial charge in [0.1, 0.15) is 5.83 Å². The van der Waals surface area contributed by atoms with Crippen molar-refractivity contribution in [1.29, 1.82) is 0 Å². The van der Waals surface area contributed by atoms with Crippen LogP contribution in [0, 0.1) is 5.92 Å². The molecule has 0 fully saturated rings. The molecule has 0 aliphatic heterocycles. The third-order valence-electron chi connectivity index (χ3n) is 2.07. The molecule has 0 saturated carbocycles. The van der Waals surface area contributed by atoms with Gasteiger partial charge in [-0.15, -0.1) is 0 Å². The van der Waals surface area contributed by atoms with E-state index in [1.54, 1.807) is 0 Å². The lowest BCUT2D eigenvalue weighted by atomic mass is 9.90. The van der Waals surface area contributed by atoms with Crippen molar-refractivity contribution in [2.24, 2.45) is 5.92 Å². The van der Waals surface area contributed by atoms with E-state index in [1.165, 1.54) is 0 Å². The summed E-state index contributed by atoms with van der Waals surface area (Å²) in [6, 6.07) is 0. The molecule has 0 aromatic carbocycles. The molecule has 16 heavy (non-hydrogen) atoms. The molecule has 0 saturated heterocycles. The molecule has 92 valence electrons. The van der Waals surface area contributed by atoms with E-state index >= 15 is 0 Å². The van der Waals surface area contributed by atoms with E-state index in [1.807, 2.05) is 0 Å². The van der Waals surface area contributed by atoms with Gasteiger partial charge >= 0.3 is 11.8 Å². The summed E-state index contributed by atoms with van der Waals surface area (Å²) in [5.41, 5.74) is -5.00. The molecule has 0 heterocycles. The molecule has 1 aliphatic carbocycles. The molecule has 0 amide bonds. The third kappa shape index (κ3) is 1.76. The number of rotatable bonds is 1. The summed E-state index contributed by atoms with van der Waals surface area (Å²) in [6.45, 7) is 0. The standard InChI is InChI=1S/C8H4BrF7/c9-2-3-1-4(10)7(13,8(14,15)16)6(12)5(3)11/h1,3H,2H2. The lowest BCUT2D eigenvalue weighted by Gasteiger charge is -2.29. The van der Waals surface area contributed by atoms with Crippen molar-refractivity contribution in [3.05, 3.63) is 23.6 Å². The van der Waals surface area contributed by atoms with Crippen LogP contribution in [-0.2, 0) is 0 Å². The van der Waals surface area contributed by atoms with Crippen LogP contribution in [0.25, 0.3) is 0 Å². The predicted molar refractivity (Wildman–Crippen MR) is 45.6 cm³/mol. The summed E-state index contributed by atoms with van der Waals surface area (Å²) in [5.74, 6) is -8.70. The minimum Gasteiger partial charge on any atom is -0.218 e. The maximum absolute atomic E-state index is 13.2. The van der Waals surface area contributed by atoms with E-state index in [4.69, 9.17) is 0 Å². The average molecular weight is 313 g/mol. The largest absolute Gasteiger partial charge is 0.435 e. The highest BCUT2D eigenvalue weighted by atomic mass is 79.9. The molecule has 1 aliphatic rings. The summed E-state index contributed by atoms with van der Waals surface area (Å²) >= 11 is 2.64. The van der Waals surface area contributed by atoms with Crippen molar-refractivity contribution >= 4 is 15.9 Å². The minimum absolute atomic E-state index is 0.0701. The van der Waals surface area contributed by atoms with E-state index in [0.717, 1.165) is 0 Å². The molecule has 0 aromatic heterocycles. The van der Waals surface area contributed by atoms with E-state index in [9.17, 15) is 30.7 Å². The molecule has 0 bridgehead atoms. The fourth-order valence-corrected chi connectivity index (χ4v) is 1.64. The predicted octanol–water partition coefficient (Wildman–Crippen LogP) is 4.29. The van der Waals surface area contributed by atoms with Crippen LogP contribution < -0.4 is 0 Å². The van der Waals surface area contributed by atoms with Gasteiger partial charge in [0.15, 0.2) is 11.7 Å². The molecule has 8 heteroatoms. The minimum atomic E-state index is -5.88. The summed E-state index contributed by atoms with van der Waals surface area (Å²) < 4.78 is 88.3. The highest BCUT2D eigenvalue weighted by Crippen LogP contribution is 2.51. The van der Waals surface area contributed by atoms with Gasteiger partial charge in [0.25, 0.3) is 0 Å². The molecular formula is C8H4BrF7. The van der Waals surface area contributed by atoms with Gasteiger partial charge in [0.2, 0.25) is 0 Å². The molecule has 0 spiro atoms. The van der Waals surface area contributed by atoms with Crippen LogP contribution in [0.2, 0.25) is 0 Å². The molecule has 0 radical (unpaired) electrons. The van der Waals surface area contributed by atoms with E-state index in [2.05, 4.69) is 15.9 Å². The van der Waals surface area contributed by atoms with E-state index in [-0.39, 0.29) is 11.4 Å². The highest BCUT2D eigenvalue weighted by Gasteiger charge is 2.66. The van der Waals surface area contributed by atoms with Crippen LogP contribution in [0.5, 0.6) is 0 Å². The summed E-state index contributed by atoms with van der Waals surface area (Å²) in [5, 5.41) is -0.354. The van der Waals surface area contributed by atoms with Crippen LogP contribution in [0.1, 0.15) is 0 Å². The first kappa shape index (κ1) is 13.5. The molecular weight excluding hydrogens is 309 g/mol. The van der Waals surface area contributed by atoms with Gasteiger partial charge in [0, 0.05) is 11.2 Å². The van der Waals surface area contributed by atoms with Crippen molar-refractivity contribution in [1.82, 2.24) is 0 Å².